The molecule has 0 aliphatic carbocycles. The van der Waals surface area contributed by atoms with Gasteiger partial charge in [0, 0.05) is 18.9 Å². The van der Waals surface area contributed by atoms with Gasteiger partial charge in [-0.05, 0) is 11.8 Å². The lowest BCUT2D eigenvalue weighted by atomic mass is 9.90. The second-order valence-electron chi connectivity index (χ2n) is 5.55. The fourth-order valence-electron chi connectivity index (χ4n) is 2.15. The average Bonchev–Trinajstić information content (AvgIpc) is 2.60. The lowest BCUT2D eigenvalue weighted by Gasteiger charge is -2.18. The smallest absolute Gasteiger partial charge is 0.233 e. The van der Waals surface area contributed by atoms with Gasteiger partial charge in [0.25, 0.3) is 0 Å². The molecule has 104 valence electrons. The van der Waals surface area contributed by atoms with Crippen LogP contribution in [0, 0.1) is 17.8 Å². The maximum absolute atomic E-state index is 12.1. The minimum atomic E-state index is -0.118. The van der Waals surface area contributed by atoms with Gasteiger partial charge in [-0.2, -0.15) is 0 Å². The minimum Gasteiger partial charge on any atom is -0.379 e. The molecule has 1 saturated heterocycles. The maximum atomic E-state index is 12.1. The zero-order valence-corrected chi connectivity index (χ0v) is 11.9. The zero-order chi connectivity index (χ0) is 13.7. The van der Waals surface area contributed by atoms with Crippen LogP contribution < -0.4 is 0 Å². The van der Waals surface area contributed by atoms with E-state index in [1.807, 2.05) is 6.92 Å². The lowest BCUT2D eigenvalue weighted by Crippen LogP contribution is -2.34. The quantitative estimate of drug-likeness (QED) is 0.517. The molecule has 1 heterocycles. The van der Waals surface area contributed by atoms with Crippen LogP contribution in [-0.4, -0.2) is 36.5 Å². The number of amides is 2. The SMILES string of the molecule is CCC(C)C1CC(=O)N(CCOCC(C)C)C1=O. The highest BCUT2D eigenvalue weighted by Crippen LogP contribution is 2.28. The van der Waals surface area contributed by atoms with Crippen LogP contribution in [0.2, 0.25) is 0 Å². The molecule has 0 aromatic carbocycles. The zero-order valence-electron chi connectivity index (χ0n) is 11.9. The van der Waals surface area contributed by atoms with Crippen molar-refractivity contribution in [3.8, 4) is 0 Å². The van der Waals surface area contributed by atoms with E-state index in [1.54, 1.807) is 0 Å². The summed E-state index contributed by atoms with van der Waals surface area (Å²) in [5.41, 5.74) is 0. The molecule has 1 rings (SSSR count). The van der Waals surface area contributed by atoms with Crippen LogP contribution in [0.3, 0.4) is 0 Å². The van der Waals surface area contributed by atoms with Gasteiger partial charge in [0.15, 0.2) is 0 Å². The molecule has 1 aliphatic rings. The maximum Gasteiger partial charge on any atom is 0.233 e. The molecule has 0 aromatic rings. The van der Waals surface area contributed by atoms with Gasteiger partial charge >= 0.3 is 0 Å². The van der Waals surface area contributed by atoms with E-state index >= 15 is 0 Å². The molecule has 4 heteroatoms. The molecule has 1 aliphatic heterocycles. The highest BCUT2D eigenvalue weighted by Gasteiger charge is 2.40. The standard InChI is InChI=1S/C14H25NO3/c1-5-11(4)12-8-13(16)15(14(12)17)6-7-18-9-10(2)3/h10-12H,5-9H2,1-4H3. The number of carbonyl (C=O) groups excluding carboxylic acids is 2. The van der Waals surface area contributed by atoms with Gasteiger partial charge in [-0.25, -0.2) is 0 Å². The first-order chi connectivity index (χ1) is 8.47. The van der Waals surface area contributed by atoms with E-state index in [2.05, 4.69) is 20.8 Å². The summed E-state index contributed by atoms with van der Waals surface area (Å²) in [4.78, 5) is 25.3. The summed E-state index contributed by atoms with van der Waals surface area (Å²) in [6.45, 7) is 9.76. The summed E-state index contributed by atoms with van der Waals surface area (Å²) in [5, 5.41) is 0. The van der Waals surface area contributed by atoms with Crippen LogP contribution in [0.1, 0.15) is 40.5 Å². The molecule has 4 nitrogen and oxygen atoms in total. The molecule has 2 atom stereocenters. The second kappa shape index (κ2) is 6.88. The van der Waals surface area contributed by atoms with Crippen LogP contribution >= 0.6 is 0 Å². The monoisotopic (exact) mass is 255 g/mol. The van der Waals surface area contributed by atoms with Gasteiger partial charge in [-0.15, -0.1) is 0 Å². The molecule has 1 fully saturated rings. The molecule has 0 saturated carbocycles. The van der Waals surface area contributed by atoms with Crippen molar-refractivity contribution < 1.29 is 14.3 Å². The Balaban J connectivity index is 2.42. The Bertz CT molecular complexity index is 301. The molecule has 0 radical (unpaired) electrons. The van der Waals surface area contributed by atoms with Crippen LogP contribution in [-0.2, 0) is 14.3 Å². The summed E-state index contributed by atoms with van der Waals surface area (Å²) < 4.78 is 5.43. The fourth-order valence-corrected chi connectivity index (χ4v) is 2.15. The van der Waals surface area contributed by atoms with Crippen molar-refractivity contribution in [3.63, 3.8) is 0 Å². The average molecular weight is 255 g/mol. The summed E-state index contributed by atoms with van der Waals surface area (Å²) in [6, 6.07) is 0. The van der Waals surface area contributed by atoms with E-state index in [-0.39, 0.29) is 23.7 Å². The van der Waals surface area contributed by atoms with Crippen molar-refractivity contribution >= 4 is 11.8 Å². The summed E-state index contributed by atoms with van der Waals surface area (Å²) >= 11 is 0. The third-order valence-electron chi connectivity index (χ3n) is 3.52. The molecular formula is C14H25NO3. The van der Waals surface area contributed by atoms with Gasteiger partial charge in [0.2, 0.25) is 11.8 Å². The van der Waals surface area contributed by atoms with Crippen molar-refractivity contribution in [3.05, 3.63) is 0 Å². The Morgan fingerprint density at radius 3 is 2.56 bits per heavy atom. The van der Waals surface area contributed by atoms with Crippen molar-refractivity contribution in [2.75, 3.05) is 19.8 Å². The molecule has 0 spiro atoms. The molecular weight excluding hydrogens is 230 g/mol. The minimum absolute atomic E-state index is 0.0116. The van der Waals surface area contributed by atoms with Crippen molar-refractivity contribution in [1.29, 1.82) is 0 Å². The number of nitrogens with zero attached hydrogens (tertiary/aromatic N) is 1. The van der Waals surface area contributed by atoms with E-state index < -0.39 is 0 Å². The highest BCUT2D eigenvalue weighted by molar-refractivity contribution is 6.03. The number of carbonyl (C=O) groups is 2. The molecule has 0 aromatic heterocycles. The lowest BCUT2D eigenvalue weighted by molar-refractivity contribution is -0.140. The number of imide groups is 1. The first-order valence-electron chi connectivity index (χ1n) is 6.89. The summed E-state index contributed by atoms with van der Waals surface area (Å²) in [5.74, 6) is 0.583. The molecule has 2 unspecified atom stereocenters. The van der Waals surface area contributed by atoms with Crippen molar-refractivity contribution in [1.82, 2.24) is 4.90 Å². The summed E-state index contributed by atoms with van der Waals surface area (Å²) in [6.07, 6.45) is 1.30. The number of ether oxygens (including phenoxy) is 1. The first-order valence-corrected chi connectivity index (χ1v) is 6.89. The van der Waals surface area contributed by atoms with Gasteiger partial charge in [0.05, 0.1) is 13.2 Å². The van der Waals surface area contributed by atoms with Crippen molar-refractivity contribution in [2.24, 2.45) is 17.8 Å². The van der Waals surface area contributed by atoms with Crippen molar-refractivity contribution in [2.45, 2.75) is 40.5 Å². The first kappa shape index (κ1) is 15.2. The number of rotatable bonds is 7. The predicted octanol–water partition coefficient (Wildman–Crippen LogP) is 2.08. The van der Waals surface area contributed by atoms with E-state index in [0.29, 0.717) is 32.1 Å². The van der Waals surface area contributed by atoms with Crippen LogP contribution in [0.25, 0.3) is 0 Å². The van der Waals surface area contributed by atoms with Crippen LogP contribution in [0.5, 0.6) is 0 Å². The van der Waals surface area contributed by atoms with E-state index in [4.69, 9.17) is 4.74 Å². The molecule has 0 N–H and O–H groups in total. The van der Waals surface area contributed by atoms with Crippen LogP contribution in [0.15, 0.2) is 0 Å². The van der Waals surface area contributed by atoms with Crippen LogP contribution in [0.4, 0.5) is 0 Å². The Hall–Kier alpha value is -0.900. The van der Waals surface area contributed by atoms with E-state index in [9.17, 15) is 9.59 Å². The Morgan fingerprint density at radius 1 is 1.33 bits per heavy atom. The Morgan fingerprint density at radius 2 is 2.00 bits per heavy atom. The topological polar surface area (TPSA) is 46.6 Å². The number of hydrogen-bond acceptors (Lipinski definition) is 3. The summed E-state index contributed by atoms with van der Waals surface area (Å²) in [7, 11) is 0. The predicted molar refractivity (Wildman–Crippen MR) is 69.9 cm³/mol. The Kier molecular flexibility index (Phi) is 5.79. The third-order valence-corrected chi connectivity index (χ3v) is 3.52. The van der Waals surface area contributed by atoms with Gasteiger partial charge in [-0.1, -0.05) is 34.1 Å². The normalized spacial score (nSPS) is 22.1. The van der Waals surface area contributed by atoms with Gasteiger partial charge in [-0.3, -0.25) is 14.5 Å². The third kappa shape index (κ3) is 3.80. The van der Waals surface area contributed by atoms with E-state index in [1.165, 1.54) is 4.90 Å². The number of hydrogen-bond donors (Lipinski definition) is 0. The molecule has 0 bridgehead atoms. The second-order valence-corrected chi connectivity index (χ2v) is 5.55. The van der Waals surface area contributed by atoms with Gasteiger partial charge in [0.1, 0.15) is 0 Å². The molecule has 18 heavy (non-hydrogen) atoms. The van der Waals surface area contributed by atoms with E-state index in [0.717, 1.165) is 6.42 Å². The van der Waals surface area contributed by atoms with Gasteiger partial charge < -0.3 is 4.74 Å². The fraction of sp³-hybridized carbons (Fsp3) is 0.857. The molecule has 2 amide bonds. The number of likely N-dealkylation sites (tertiary alicyclic amines) is 1. The largest absolute Gasteiger partial charge is 0.379 e. The Labute approximate surface area is 110 Å². The highest BCUT2D eigenvalue weighted by atomic mass is 16.5.